The largest absolute Gasteiger partial charge is 0.336 e. The zero-order chi connectivity index (χ0) is 11.4. The van der Waals surface area contributed by atoms with Gasteiger partial charge in [0.05, 0.1) is 0 Å². The fourth-order valence-electron chi connectivity index (χ4n) is 1.45. The Bertz CT molecular complexity index is 308. The number of hydrogen-bond acceptors (Lipinski definition) is 4. The highest BCUT2D eigenvalue weighted by molar-refractivity contribution is 5.90. The van der Waals surface area contributed by atoms with E-state index in [9.17, 15) is 4.79 Å². The first-order valence-corrected chi connectivity index (χ1v) is 5.03. The van der Waals surface area contributed by atoms with Crippen LogP contribution in [-0.2, 0) is 0 Å². The Morgan fingerprint density at radius 2 is 2.13 bits per heavy atom. The Hall–Kier alpha value is -1.46. The lowest BCUT2D eigenvalue weighted by Gasteiger charge is -2.24. The van der Waals surface area contributed by atoms with Gasteiger partial charge < -0.3 is 4.90 Å². The number of aromatic nitrogens is 4. The zero-order valence-electron chi connectivity index (χ0n) is 9.56. The van der Waals surface area contributed by atoms with Crippen LogP contribution in [0.5, 0.6) is 0 Å². The molecular formula is C9H17N5O. The van der Waals surface area contributed by atoms with Gasteiger partial charge in [0.15, 0.2) is 0 Å². The van der Waals surface area contributed by atoms with E-state index < -0.39 is 0 Å². The maximum atomic E-state index is 11.8. The molecule has 0 fully saturated rings. The van der Waals surface area contributed by atoms with Crippen molar-refractivity contribution in [2.24, 2.45) is 5.92 Å². The number of hydrogen-bond donors (Lipinski definition) is 1. The second-order valence-corrected chi connectivity index (χ2v) is 4.13. The molecule has 1 heterocycles. The minimum absolute atomic E-state index is 0.119. The second-order valence-electron chi connectivity index (χ2n) is 4.13. The third kappa shape index (κ3) is 3.00. The smallest absolute Gasteiger partial charge is 0.295 e. The van der Waals surface area contributed by atoms with E-state index in [0.717, 1.165) is 6.42 Å². The standard InChI is InChI=1S/C9H17N5O/c1-6(2)5-7(3)14(4)9(15)8-10-12-13-11-8/h6-7H,5H2,1-4H3,(H,10,11,12,13). The lowest BCUT2D eigenvalue weighted by atomic mass is 10.0. The Morgan fingerprint density at radius 3 is 2.60 bits per heavy atom. The quantitative estimate of drug-likeness (QED) is 0.795. The predicted octanol–water partition coefficient (Wildman–Crippen LogP) is 0.706. The first-order valence-electron chi connectivity index (χ1n) is 5.03. The van der Waals surface area contributed by atoms with Crippen LogP contribution in [0.2, 0.25) is 0 Å². The number of carbonyl (C=O) groups excluding carboxylic acids is 1. The van der Waals surface area contributed by atoms with E-state index in [2.05, 4.69) is 34.5 Å². The first-order chi connectivity index (χ1) is 7.02. The Morgan fingerprint density at radius 1 is 1.47 bits per heavy atom. The summed E-state index contributed by atoms with van der Waals surface area (Å²) >= 11 is 0. The number of nitrogens with one attached hydrogen (secondary N) is 1. The van der Waals surface area contributed by atoms with Gasteiger partial charge in [0.2, 0.25) is 0 Å². The highest BCUT2D eigenvalue weighted by atomic mass is 16.2. The third-order valence-corrected chi connectivity index (χ3v) is 2.33. The van der Waals surface area contributed by atoms with Crippen LogP contribution in [0.15, 0.2) is 0 Å². The van der Waals surface area contributed by atoms with Gasteiger partial charge in [-0.05, 0) is 24.5 Å². The molecule has 0 radical (unpaired) electrons. The summed E-state index contributed by atoms with van der Waals surface area (Å²) in [6, 6.07) is 0.177. The van der Waals surface area contributed by atoms with Crippen molar-refractivity contribution in [1.29, 1.82) is 0 Å². The number of amides is 1. The Balaban J connectivity index is 2.60. The van der Waals surface area contributed by atoms with E-state index in [0.29, 0.717) is 5.92 Å². The van der Waals surface area contributed by atoms with Crippen molar-refractivity contribution in [3.05, 3.63) is 5.82 Å². The van der Waals surface area contributed by atoms with Crippen LogP contribution < -0.4 is 0 Å². The molecule has 0 spiro atoms. The topological polar surface area (TPSA) is 74.8 Å². The molecule has 1 amide bonds. The monoisotopic (exact) mass is 211 g/mol. The molecule has 0 bridgehead atoms. The fraction of sp³-hybridized carbons (Fsp3) is 0.778. The summed E-state index contributed by atoms with van der Waals surface area (Å²) in [4.78, 5) is 13.4. The predicted molar refractivity (Wildman–Crippen MR) is 55.2 cm³/mol. The molecule has 15 heavy (non-hydrogen) atoms. The van der Waals surface area contributed by atoms with Crippen LogP contribution in [0.1, 0.15) is 37.8 Å². The van der Waals surface area contributed by atoms with Crippen LogP contribution in [0.3, 0.4) is 0 Å². The number of tetrazole rings is 1. The van der Waals surface area contributed by atoms with E-state index in [1.54, 1.807) is 11.9 Å². The van der Waals surface area contributed by atoms with Crippen molar-refractivity contribution in [3.63, 3.8) is 0 Å². The molecule has 84 valence electrons. The summed E-state index contributed by atoms with van der Waals surface area (Å²) in [6.07, 6.45) is 0.958. The van der Waals surface area contributed by atoms with Gasteiger partial charge >= 0.3 is 0 Å². The van der Waals surface area contributed by atoms with Crippen molar-refractivity contribution in [2.45, 2.75) is 33.2 Å². The Labute approximate surface area is 89.0 Å². The molecule has 0 saturated carbocycles. The second kappa shape index (κ2) is 4.86. The molecule has 0 aliphatic rings. The van der Waals surface area contributed by atoms with E-state index in [1.165, 1.54) is 0 Å². The van der Waals surface area contributed by atoms with Crippen molar-refractivity contribution < 1.29 is 4.79 Å². The number of H-pyrrole nitrogens is 1. The molecule has 0 saturated heterocycles. The van der Waals surface area contributed by atoms with Gasteiger partial charge in [-0.3, -0.25) is 4.79 Å². The summed E-state index contributed by atoms with van der Waals surface area (Å²) in [7, 11) is 1.76. The molecule has 1 unspecified atom stereocenters. The minimum Gasteiger partial charge on any atom is -0.336 e. The zero-order valence-corrected chi connectivity index (χ0v) is 9.56. The van der Waals surface area contributed by atoms with Gasteiger partial charge in [-0.1, -0.05) is 13.8 Å². The van der Waals surface area contributed by atoms with Gasteiger partial charge in [-0.15, -0.1) is 10.2 Å². The maximum absolute atomic E-state index is 11.8. The lowest BCUT2D eigenvalue weighted by molar-refractivity contribution is 0.0716. The van der Waals surface area contributed by atoms with Gasteiger partial charge in [0.1, 0.15) is 0 Å². The van der Waals surface area contributed by atoms with Gasteiger partial charge in [0, 0.05) is 13.1 Å². The highest BCUT2D eigenvalue weighted by Gasteiger charge is 2.21. The molecule has 1 rings (SSSR count). The van der Waals surface area contributed by atoms with Crippen molar-refractivity contribution >= 4 is 5.91 Å². The van der Waals surface area contributed by atoms with Gasteiger partial charge in [-0.2, -0.15) is 5.21 Å². The van der Waals surface area contributed by atoms with Crippen molar-refractivity contribution in [1.82, 2.24) is 25.5 Å². The first kappa shape index (κ1) is 11.6. The minimum atomic E-state index is -0.197. The molecule has 6 nitrogen and oxygen atoms in total. The SMILES string of the molecule is CC(C)CC(C)N(C)C(=O)c1nn[nH]n1. The average Bonchev–Trinajstić information content (AvgIpc) is 2.67. The number of carbonyl (C=O) groups is 1. The highest BCUT2D eigenvalue weighted by Crippen LogP contribution is 2.10. The summed E-state index contributed by atoms with van der Waals surface area (Å²) in [5, 5.41) is 13.0. The molecule has 1 aromatic heterocycles. The van der Waals surface area contributed by atoms with E-state index in [4.69, 9.17) is 0 Å². The maximum Gasteiger partial charge on any atom is 0.295 e. The van der Waals surface area contributed by atoms with Crippen LogP contribution in [0.4, 0.5) is 0 Å². The van der Waals surface area contributed by atoms with E-state index in [-0.39, 0.29) is 17.8 Å². The van der Waals surface area contributed by atoms with Crippen molar-refractivity contribution in [3.8, 4) is 0 Å². The van der Waals surface area contributed by atoms with Crippen LogP contribution in [0, 0.1) is 5.92 Å². The summed E-state index contributed by atoms with van der Waals surface area (Å²) in [5.74, 6) is 0.477. The molecule has 1 aromatic rings. The van der Waals surface area contributed by atoms with Crippen molar-refractivity contribution in [2.75, 3.05) is 7.05 Å². The van der Waals surface area contributed by atoms with E-state index >= 15 is 0 Å². The Kier molecular flexibility index (Phi) is 3.76. The van der Waals surface area contributed by atoms with Crippen LogP contribution >= 0.6 is 0 Å². The summed E-state index contributed by atoms with van der Waals surface area (Å²) < 4.78 is 0. The number of nitrogens with zero attached hydrogens (tertiary/aromatic N) is 4. The molecule has 0 aliphatic carbocycles. The molecule has 1 atom stereocenters. The number of rotatable bonds is 4. The fourth-order valence-corrected chi connectivity index (χ4v) is 1.45. The van der Waals surface area contributed by atoms with Gasteiger partial charge in [-0.25, -0.2) is 0 Å². The molecule has 0 aliphatic heterocycles. The summed E-state index contributed by atoms with van der Waals surface area (Å²) in [6.45, 7) is 6.27. The summed E-state index contributed by atoms with van der Waals surface area (Å²) in [5.41, 5.74) is 0. The third-order valence-electron chi connectivity index (χ3n) is 2.33. The van der Waals surface area contributed by atoms with E-state index in [1.807, 2.05) is 6.92 Å². The lowest BCUT2D eigenvalue weighted by Crippen LogP contribution is -2.36. The van der Waals surface area contributed by atoms with Crippen LogP contribution in [0.25, 0.3) is 0 Å². The molecular weight excluding hydrogens is 194 g/mol. The molecule has 1 N–H and O–H groups in total. The average molecular weight is 211 g/mol. The van der Waals surface area contributed by atoms with Gasteiger partial charge in [0.25, 0.3) is 11.7 Å². The molecule has 6 heteroatoms. The molecule has 0 aromatic carbocycles. The normalized spacial score (nSPS) is 12.9. The number of aromatic amines is 1. The van der Waals surface area contributed by atoms with Crippen LogP contribution in [-0.4, -0.2) is 44.5 Å².